The number of piperidine rings is 1. The Hall–Kier alpha value is -0.490. The summed E-state index contributed by atoms with van der Waals surface area (Å²) in [5.74, 6) is 0.412. The molecule has 2 atom stereocenters. The molecule has 3 heterocycles. The third-order valence-corrected chi connectivity index (χ3v) is 5.64. The highest BCUT2D eigenvalue weighted by atomic mass is 79.9. The smallest absolute Gasteiger partial charge is 0.268 e. The Bertz CT molecular complexity index is 476. The van der Waals surface area contributed by atoms with Gasteiger partial charge in [-0.3, -0.25) is 4.79 Å². The van der Waals surface area contributed by atoms with Crippen molar-refractivity contribution in [1.82, 2.24) is 14.5 Å². The lowest BCUT2D eigenvalue weighted by Crippen LogP contribution is -2.46. The molecule has 6 heteroatoms. The van der Waals surface area contributed by atoms with Gasteiger partial charge in [0.05, 0.1) is 5.69 Å². The first-order valence-electron chi connectivity index (χ1n) is 6.87. The molecule has 1 aromatic rings. The first-order chi connectivity index (χ1) is 9.08. The number of aromatic nitrogens is 2. The Morgan fingerprint density at radius 3 is 2.58 bits per heavy atom. The second kappa shape index (κ2) is 5.13. The largest absolute Gasteiger partial charge is 0.332 e. The summed E-state index contributed by atoms with van der Waals surface area (Å²) >= 11 is 4.96. The molecule has 2 unspecified atom stereocenters. The molecule has 1 aromatic heterocycles. The van der Waals surface area contributed by atoms with Crippen LogP contribution in [0.1, 0.15) is 60.8 Å². The fourth-order valence-electron chi connectivity index (χ4n) is 3.28. The summed E-state index contributed by atoms with van der Waals surface area (Å²) in [4.78, 5) is 16.2. The van der Waals surface area contributed by atoms with Crippen LogP contribution in [-0.4, -0.2) is 37.3 Å². The number of rotatable bonds is 2. The van der Waals surface area contributed by atoms with Crippen molar-refractivity contribution in [3.05, 3.63) is 10.6 Å². The van der Waals surface area contributed by atoms with Gasteiger partial charge in [0, 0.05) is 16.9 Å². The Labute approximate surface area is 125 Å². The molecule has 0 saturated carbocycles. The first kappa shape index (κ1) is 13.5. The van der Waals surface area contributed by atoms with E-state index < -0.39 is 0 Å². The Kier molecular flexibility index (Phi) is 3.64. The van der Waals surface area contributed by atoms with Gasteiger partial charge in [0.2, 0.25) is 0 Å². The van der Waals surface area contributed by atoms with Gasteiger partial charge < -0.3 is 4.90 Å². The van der Waals surface area contributed by atoms with E-state index in [0.717, 1.165) is 36.3 Å². The second-order valence-corrected chi connectivity index (χ2v) is 7.86. The number of carbonyl (C=O) groups excluding carboxylic acids is 1. The quantitative estimate of drug-likeness (QED) is 0.774. The maximum Gasteiger partial charge on any atom is 0.268 e. The lowest BCUT2D eigenvalue weighted by molar-refractivity contribution is 0.0607. The fourth-order valence-corrected chi connectivity index (χ4v) is 4.91. The number of carbonyl (C=O) groups is 1. The van der Waals surface area contributed by atoms with Gasteiger partial charge in [0.25, 0.3) is 5.91 Å². The third kappa shape index (κ3) is 2.33. The SMILES string of the molecule is CC(C)c1nnsc1C(=O)N1C2CCC1CC(Br)C2. The number of hydrogen-bond acceptors (Lipinski definition) is 4. The Balaban J connectivity index is 1.87. The number of hydrogen-bond donors (Lipinski definition) is 0. The molecule has 104 valence electrons. The Morgan fingerprint density at radius 1 is 1.37 bits per heavy atom. The van der Waals surface area contributed by atoms with Crippen LogP contribution >= 0.6 is 27.5 Å². The normalized spacial score (nSPS) is 30.1. The number of nitrogens with zero attached hydrogens (tertiary/aromatic N) is 3. The van der Waals surface area contributed by atoms with Gasteiger partial charge in [0.15, 0.2) is 0 Å². The van der Waals surface area contributed by atoms with Crippen LogP contribution in [0.3, 0.4) is 0 Å². The van der Waals surface area contributed by atoms with Gasteiger partial charge in [-0.15, -0.1) is 5.10 Å². The van der Waals surface area contributed by atoms with Crippen LogP contribution in [-0.2, 0) is 0 Å². The minimum Gasteiger partial charge on any atom is -0.332 e. The van der Waals surface area contributed by atoms with Crippen molar-refractivity contribution >= 4 is 33.4 Å². The molecule has 3 rings (SSSR count). The van der Waals surface area contributed by atoms with Gasteiger partial charge in [-0.25, -0.2) is 0 Å². The molecule has 2 fully saturated rings. The fraction of sp³-hybridized carbons (Fsp3) is 0.769. The zero-order chi connectivity index (χ0) is 13.6. The number of halogens is 1. The van der Waals surface area contributed by atoms with Crippen LogP contribution in [0.5, 0.6) is 0 Å². The molecule has 0 spiro atoms. The predicted molar refractivity (Wildman–Crippen MR) is 78.9 cm³/mol. The predicted octanol–water partition coefficient (Wildman–Crippen LogP) is 3.19. The molecule has 2 bridgehead atoms. The van der Waals surface area contributed by atoms with Crippen LogP contribution in [0.2, 0.25) is 0 Å². The molecule has 2 aliphatic rings. The lowest BCUT2D eigenvalue weighted by atomic mass is 10.0. The van der Waals surface area contributed by atoms with E-state index in [9.17, 15) is 4.79 Å². The summed E-state index contributed by atoms with van der Waals surface area (Å²) in [6.07, 6.45) is 4.43. The molecule has 2 aliphatic heterocycles. The van der Waals surface area contributed by atoms with Crippen LogP contribution in [0.25, 0.3) is 0 Å². The molecule has 0 N–H and O–H groups in total. The summed E-state index contributed by atoms with van der Waals surface area (Å²) in [5.41, 5.74) is 0.857. The molecule has 19 heavy (non-hydrogen) atoms. The van der Waals surface area contributed by atoms with E-state index in [-0.39, 0.29) is 11.8 Å². The minimum absolute atomic E-state index is 0.158. The van der Waals surface area contributed by atoms with Gasteiger partial charge in [-0.2, -0.15) is 0 Å². The van der Waals surface area contributed by atoms with E-state index in [0.29, 0.717) is 16.9 Å². The van der Waals surface area contributed by atoms with Crippen molar-refractivity contribution < 1.29 is 4.79 Å². The minimum atomic E-state index is 0.158. The van der Waals surface area contributed by atoms with Gasteiger partial charge in [0.1, 0.15) is 4.88 Å². The van der Waals surface area contributed by atoms with Crippen molar-refractivity contribution in [2.24, 2.45) is 0 Å². The van der Waals surface area contributed by atoms with E-state index in [1.807, 2.05) is 0 Å². The summed E-state index contributed by atoms with van der Waals surface area (Å²) in [6, 6.07) is 0.801. The van der Waals surface area contributed by atoms with Crippen LogP contribution in [0.15, 0.2) is 0 Å². The van der Waals surface area contributed by atoms with Crippen LogP contribution in [0.4, 0.5) is 0 Å². The highest BCUT2D eigenvalue weighted by Crippen LogP contribution is 2.40. The van der Waals surface area contributed by atoms with Crippen molar-refractivity contribution in [1.29, 1.82) is 0 Å². The topological polar surface area (TPSA) is 46.1 Å². The first-order valence-corrected chi connectivity index (χ1v) is 8.55. The zero-order valence-electron chi connectivity index (χ0n) is 11.2. The summed E-state index contributed by atoms with van der Waals surface area (Å²) in [7, 11) is 0. The molecular weight excluding hydrogens is 326 g/mol. The van der Waals surface area contributed by atoms with Crippen LogP contribution in [0, 0.1) is 0 Å². The van der Waals surface area contributed by atoms with E-state index >= 15 is 0 Å². The third-order valence-electron chi connectivity index (χ3n) is 4.16. The molecule has 4 nitrogen and oxygen atoms in total. The summed E-state index contributed by atoms with van der Waals surface area (Å²) in [5, 5.41) is 4.13. The number of alkyl halides is 1. The van der Waals surface area contributed by atoms with Gasteiger partial charge in [-0.05, 0) is 43.1 Å². The number of fused-ring (bicyclic) bond motifs is 2. The maximum atomic E-state index is 12.8. The molecule has 2 saturated heterocycles. The highest BCUT2D eigenvalue weighted by molar-refractivity contribution is 9.09. The van der Waals surface area contributed by atoms with Crippen molar-refractivity contribution in [3.63, 3.8) is 0 Å². The van der Waals surface area contributed by atoms with Gasteiger partial charge >= 0.3 is 0 Å². The molecule has 0 aliphatic carbocycles. The average Bonchev–Trinajstić information content (AvgIpc) is 2.92. The summed E-state index contributed by atoms with van der Waals surface area (Å²) < 4.78 is 3.98. The average molecular weight is 344 g/mol. The van der Waals surface area contributed by atoms with Crippen LogP contribution < -0.4 is 0 Å². The molecule has 1 amide bonds. The highest BCUT2D eigenvalue weighted by Gasteiger charge is 2.43. The standard InChI is InChI=1S/C13H18BrN3OS/c1-7(2)11-12(19-16-15-11)13(18)17-9-3-4-10(17)6-8(14)5-9/h7-10H,3-6H2,1-2H3. The van der Waals surface area contributed by atoms with E-state index in [1.54, 1.807) is 0 Å². The van der Waals surface area contributed by atoms with Crippen molar-refractivity contribution in [2.45, 2.75) is 62.4 Å². The van der Waals surface area contributed by atoms with E-state index in [4.69, 9.17) is 0 Å². The van der Waals surface area contributed by atoms with Crippen molar-refractivity contribution in [3.8, 4) is 0 Å². The maximum absolute atomic E-state index is 12.8. The van der Waals surface area contributed by atoms with Gasteiger partial charge in [-0.1, -0.05) is 34.3 Å². The molecular formula is C13H18BrN3OS. The monoisotopic (exact) mass is 343 g/mol. The number of amides is 1. The summed E-state index contributed by atoms with van der Waals surface area (Å²) in [6.45, 7) is 4.12. The molecule has 0 aromatic carbocycles. The van der Waals surface area contributed by atoms with E-state index in [1.165, 1.54) is 11.5 Å². The zero-order valence-corrected chi connectivity index (χ0v) is 13.6. The van der Waals surface area contributed by atoms with Crippen molar-refractivity contribution in [2.75, 3.05) is 0 Å². The second-order valence-electron chi connectivity index (χ2n) is 5.81. The Morgan fingerprint density at radius 2 is 2.00 bits per heavy atom. The van der Waals surface area contributed by atoms with E-state index in [2.05, 4.69) is 44.3 Å². The lowest BCUT2D eigenvalue weighted by Gasteiger charge is -2.37. The molecule has 0 radical (unpaired) electrons.